The number of benzene rings is 1. The second-order valence-electron chi connectivity index (χ2n) is 3.66. The highest BCUT2D eigenvalue weighted by Gasteiger charge is 2.11. The number of anilines is 1. The highest BCUT2D eigenvalue weighted by Crippen LogP contribution is 2.29. The topological polar surface area (TPSA) is 85.1 Å². The minimum Gasteiger partial charge on any atom is -0.298 e. The van der Waals surface area contributed by atoms with Gasteiger partial charge in [-0.2, -0.15) is 0 Å². The van der Waals surface area contributed by atoms with Gasteiger partial charge in [0.1, 0.15) is 0 Å². The van der Waals surface area contributed by atoms with Crippen molar-refractivity contribution in [1.82, 2.24) is 4.98 Å². The maximum Gasteiger partial charge on any atom is 0.270 e. The summed E-state index contributed by atoms with van der Waals surface area (Å²) in [5.41, 5.74) is 0.992. The number of rotatable bonds is 3. The Bertz CT molecular complexity index is 663. The summed E-state index contributed by atoms with van der Waals surface area (Å²) in [5, 5.41) is 13.6. The van der Waals surface area contributed by atoms with E-state index in [1.165, 1.54) is 23.5 Å². The third-order valence-corrected chi connectivity index (χ3v) is 3.12. The van der Waals surface area contributed by atoms with E-state index in [1.807, 2.05) is 0 Å². The average Bonchev–Trinajstić information content (AvgIpc) is 2.69. The van der Waals surface area contributed by atoms with E-state index in [9.17, 15) is 14.9 Å². The van der Waals surface area contributed by atoms with Crippen LogP contribution in [0.3, 0.4) is 0 Å². The van der Waals surface area contributed by atoms with E-state index in [0.29, 0.717) is 20.9 Å². The molecule has 1 aromatic heterocycles. The van der Waals surface area contributed by atoms with Crippen LogP contribution < -0.4 is 5.32 Å². The molecular formula is C11H9N3O3S. The number of non-ortho nitro benzene ring substituents is 1. The number of carbonyl (C=O) groups is 1. The van der Waals surface area contributed by atoms with Gasteiger partial charge in [-0.15, -0.1) is 0 Å². The second-order valence-corrected chi connectivity index (χ2v) is 4.69. The van der Waals surface area contributed by atoms with Gasteiger partial charge in [-0.1, -0.05) is 17.9 Å². The molecule has 0 spiro atoms. The molecule has 0 atom stereocenters. The SMILES string of the molecule is C=C(C)C(=O)Nc1nc2ccc([N+](=O)[O-])cc2s1. The van der Waals surface area contributed by atoms with Gasteiger partial charge >= 0.3 is 0 Å². The molecule has 92 valence electrons. The molecule has 0 aliphatic heterocycles. The lowest BCUT2D eigenvalue weighted by Gasteiger charge is -1.97. The van der Waals surface area contributed by atoms with E-state index >= 15 is 0 Å². The van der Waals surface area contributed by atoms with Crippen LogP contribution in [0.4, 0.5) is 10.8 Å². The number of thiazole rings is 1. The maximum absolute atomic E-state index is 11.4. The minimum absolute atomic E-state index is 0.00364. The quantitative estimate of drug-likeness (QED) is 0.524. The first-order chi connectivity index (χ1) is 8.47. The zero-order chi connectivity index (χ0) is 13.3. The number of fused-ring (bicyclic) bond motifs is 1. The van der Waals surface area contributed by atoms with E-state index < -0.39 is 4.92 Å². The Morgan fingerprint density at radius 2 is 2.28 bits per heavy atom. The zero-order valence-corrected chi connectivity index (χ0v) is 10.3. The van der Waals surface area contributed by atoms with Crippen LogP contribution in [0.25, 0.3) is 10.2 Å². The second kappa shape index (κ2) is 4.53. The van der Waals surface area contributed by atoms with Gasteiger partial charge in [-0.3, -0.25) is 20.2 Å². The summed E-state index contributed by atoms with van der Waals surface area (Å²) in [4.78, 5) is 25.7. The zero-order valence-electron chi connectivity index (χ0n) is 9.47. The van der Waals surface area contributed by atoms with E-state index in [-0.39, 0.29) is 11.6 Å². The van der Waals surface area contributed by atoms with Crippen LogP contribution >= 0.6 is 11.3 Å². The first-order valence-corrected chi connectivity index (χ1v) is 5.81. The third-order valence-electron chi connectivity index (χ3n) is 2.19. The Kier molecular flexibility index (Phi) is 3.07. The highest BCUT2D eigenvalue weighted by molar-refractivity contribution is 7.22. The Hall–Kier alpha value is -2.28. The van der Waals surface area contributed by atoms with Gasteiger partial charge < -0.3 is 0 Å². The fraction of sp³-hybridized carbons (Fsp3) is 0.0909. The molecule has 0 saturated carbocycles. The Labute approximate surface area is 106 Å². The van der Waals surface area contributed by atoms with Crippen molar-refractivity contribution in [1.29, 1.82) is 0 Å². The number of amides is 1. The highest BCUT2D eigenvalue weighted by atomic mass is 32.1. The van der Waals surface area contributed by atoms with E-state index in [1.54, 1.807) is 13.0 Å². The van der Waals surface area contributed by atoms with Crippen LogP contribution in [0.5, 0.6) is 0 Å². The lowest BCUT2D eigenvalue weighted by Crippen LogP contribution is -2.11. The molecule has 1 amide bonds. The van der Waals surface area contributed by atoms with Gasteiger partial charge in [0.25, 0.3) is 11.6 Å². The van der Waals surface area contributed by atoms with Gasteiger partial charge in [-0.25, -0.2) is 4.98 Å². The van der Waals surface area contributed by atoms with Crippen molar-refractivity contribution in [2.75, 3.05) is 5.32 Å². The standard InChI is InChI=1S/C11H9N3O3S/c1-6(2)10(15)13-11-12-8-4-3-7(14(16)17)5-9(8)18-11/h3-5H,1H2,2H3,(H,12,13,15). The molecule has 2 aromatic rings. The molecule has 0 saturated heterocycles. The Balaban J connectivity index is 2.35. The van der Waals surface area contributed by atoms with Crippen LogP contribution in [-0.4, -0.2) is 15.8 Å². The van der Waals surface area contributed by atoms with E-state index in [0.717, 1.165) is 0 Å². The van der Waals surface area contributed by atoms with Gasteiger partial charge in [0.2, 0.25) is 0 Å². The van der Waals surface area contributed by atoms with Crippen molar-refractivity contribution in [3.05, 3.63) is 40.5 Å². The summed E-state index contributed by atoms with van der Waals surface area (Å²) in [7, 11) is 0. The predicted molar refractivity (Wildman–Crippen MR) is 69.7 cm³/mol. The van der Waals surface area contributed by atoms with Crippen molar-refractivity contribution in [3.63, 3.8) is 0 Å². The summed E-state index contributed by atoms with van der Waals surface area (Å²) < 4.78 is 0.654. The smallest absolute Gasteiger partial charge is 0.270 e. The molecule has 1 aromatic carbocycles. The summed E-state index contributed by atoms with van der Waals surface area (Å²) in [5.74, 6) is -0.316. The predicted octanol–water partition coefficient (Wildman–Crippen LogP) is 2.72. The largest absolute Gasteiger partial charge is 0.298 e. The molecule has 0 bridgehead atoms. The molecule has 2 rings (SSSR count). The number of nitrogens with one attached hydrogen (secondary N) is 1. The molecule has 6 nitrogen and oxygen atoms in total. The summed E-state index contributed by atoms with van der Waals surface area (Å²) >= 11 is 1.19. The van der Waals surface area contributed by atoms with Crippen molar-refractivity contribution < 1.29 is 9.72 Å². The first-order valence-electron chi connectivity index (χ1n) is 4.99. The summed E-state index contributed by atoms with van der Waals surface area (Å²) in [6.07, 6.45) is 0. The molecule has 0 radical (unpaired) electrons. The number of nitro benzene ring substituents is 1. The van der Waals surface area contributed by atoms with Crippen LogP contribution in [0.2, 0.25) is 0 Å². The molecular weight excluding hydrogens is 254 g/mol. The van der Waals surface area contributed by atoms with Gasteiger partial charge in [0.15, 0.2) is 5.13 Å². The number of aromatic nitrogens is 1. The van der Waals surface area contributed by atoms with Crippen molar-refractivity contribution in [2.24, 2.45) is 0 Å². The number of hydrogen-bond acceptors (Lipinski definition) is 5. The lowest BCUT2D eigenvalue weighted by atomic mass is 10.3. The van der Waals surface area contributed by atoms with E-state index in [4.69, 9.17) is 0 Å². The molecule has 0 unspecified atom stereocenters. The average molecular weight is 263 g/mol. The minimum atomic E-state index is -0.467. The van der Waals surface area contributed by atoms with Crippen LogP contribution in [0.15, 0.2) is 30.4 Å². The van der Waals surface area contributed by atoms with Gasteiger partial charge in [-0.05, 0) is 13.0 Å². The Morgan fingerprint density at radius 3 is 2.89 bits per heavy atom. The number of carbonyl (C=O) groups excluding carboxylic acids is 1. The fourth-order valence-electron chi connectivity index (χ4n) is 1.28. The van der Waals surface area contributed by atoms with Crippen molar-refractivity contribution >= 4 is 38.3 Å². The normalized spacial score (nSPS) is 10.3. The number of nitro groups is 1. The summed E-state index contributed by atoms with van der Waals surface area (Å²) in [6, 6.07) is 4.37. The van der Waals surface area contributed by atoms with Crippen molar-refractivity contribution in [2.45, 2.75) is 6.92 Å². The number of nitrogens with zero attached hydrogens (tertiary/aromatic N) is 2. The molecule has 1 N–H and O–H groups in total. The first kappa shape index (κ1) is 12.2. The van der Waals surface area contributed by atoms with E-state index in [2.05, 4.69) is 16.9 Å². The molecule has 0 aliphatic carbocycles. The molecule has 18 heavy (non-hydrogen) atoms. The van der Waals surface area contributed by atoms with Crippen LogP contribution in [-0.2, 0) is 4.79 Å². The molecule has 0 aliphatic rings. The molecule has 0 fully saturated rings. The maximum atomic E-state index is 11.4. The third kappa shape index (κ3) is 2.35. The molecule has 7 heteroatoms. The Morgan fingerprint density at radius 1 is 1.56 bits per heavy atom. The van der Waals surface area contributed by atoms with Crippen LogP contribution in [0.1, 0.15) is 6.92 Å². The number of hydrogen-bond donors (Lipinski definition) is 1. The van der Waals surface area contributed by atoms with Crippen molar-refractivity contribution in [3.8, 4) is 0 Å². The molecule has 1 heterocycles. The monoisotopic (exact) mass is 263 g/mol. The van der Waals surface area contributed by atoms with Gasteiger partial charge in [0.05, 0.1) is 15.1 Å². The van der Waals surface area contributed by atoms with Gasteiger partial charge in [0, 0.05) is 17.7 Å². The fourth-order valence-corrected chi connectivity index (χ4v) is 2.18. The summed E-state index contributed by atoms with van der Waals surface area (Å²) in [6.45, 7) is 5.11. The van der Waals surface area contributed by atoms with Crippen LogP contribution in [0, 0.1) is 10.1 Å². The lowest BCUT2D eigenvalue weighted by molar-refractivity contribution is -0.384.